The number of anilines is 5. The molecule has 8 nitrogen and oxygen atoms in total. The molecule has 0 aliphatic heterocycles. The fraction of sp³-hybridized carbons (Fsp3) is 0.190. The summed E-state index contributed by atoms with van der Waals surface area (Å²) in [5.74, 6) is 2.90. The van der Waals surface area contributed by atoms with E-state index in [1.54, 1.807) is 19.2 Å². The Hall–Kier alpha value is -3.81. The van der Waals surface area contributed by atoms with Crippen LogP contribution in [-0.4, -0.2) is 37.2 Å². The van der Waals surface area contributed by atoms with Crippen LogP contribution in [0.15, 0.2) is 54.6 Å². The highest BCUT2D eigenvalue weighted by Gasteiger charge is 2.06. The van der Waals surface area contributed by atoms with Gasteiger partial charge in [-0.25, -0.2) is 14.8 Å². The van der Waals surface area contributed by atoms with Gasteiger partial charge in [-0.3, -0.25) is 0 Å². The topological polar surface area (TPSA) is 91.4 Å². The summed E-state index contributed by atoms with van der Waals surface area (Å²) >= 11 is 0. The predicted molar refractivity (Wildman–Crippen MR) is 116 cm³/mol. The van der Waals surface area contributed by atoms with Crippen molar-refractivity contribution in [1.82, 2.24) is 9.97 Å². The van der Waals surface area contributed by atoms with Gasteiger partial charge < -0.3 is 25.6 Å². The van der Waals surface area contributed by atoms with Gasteiger partial charge in [-0.05, 0) is 43.3 Å². The Balaban J connectivity index is 1.62. The molecule has 1 aromatic heterocycles. The van der Waals surface area contributed by atoms with E-state index in [4.69, 9.17) is 4.74 Å². The number of hydrogen-bond donors (Lipinski definition) is 3. The summed E-state index contributed by atoms with van der Waals surface area (Å²) in [4.78, 5) is 22.9. The molecule has 0 spiro atoms. The molecule has 150 valence electrons. The second kappa shape index (κ2) is 8.92. The molecule has 8 heteroatoms. The minimum absolute atomic E-state index is 0.332. The standard InChI is InChI=1S/C21H24N6O2/c1-14-22-19(13-20(23-14)27(2)3)24-15-8-10-16(11-9-15)25-21(28)26-17-6-5-7-18(12-17)29-4/h5-13H,1-4H3,(H,22,23,24)(H2,25,26,28). The number of amides is 2. The fourth-order valence-corrected chi connectivity index (χ4v) is 2.62. The average Bonchev–Trinajstić information content (AvgIpc) is 2.69. The lowest BCUT2D eigenvalue weighted by Gasteiger charge is -2.14. The van der Waals surface area contributed by atoms with E-state index in [2.05, 4.69) is 25.9 Å². The molecule has 2 amide bonds. The van der Waals surface area contributed by atoms with Crippen molar-refractivity contribution < 1.29 is 9.53 Å². The number of aryl methyl sites for hydroxylation is 1. The minimum atomic E-state index is -0.332. The van der Waals surface area contributed by atoms with Gasteiger partial charge in [0.05, 0.1) is 7.11 Å². The van der Waals surface area contributed by atoms with E-state index < -0.39 is 0 Å². The number of urea groups is 1. The smallest absolute Gasteiger partial charge is 0.323 e. The number of ether oxygens (including phenoxy) is 1. The van der Waals surface area contributed by atoms with Gasteiger partial charge in [-0.2, -0.15) is 0 Å². The summed E-state index contributed by atoms with van der Waals surface area (Å²) in [6.07, 6.45) is 0. The molecule has 29 heavy (non-hydrogen) atoms. The van der Waals surface area contributed by atoms with Gasteiger partial charge in [0.15, 0.2) is 0 Å². The maximum atomic E-state index is 12.2. The molecular formula is C21H24N6O2. The van der Waals surface area contributed by atoms with Gasteiger partial charge >= 0.3 is 6.03 Å². The Bertz CT molecular complexity index is 989. The van der Waals surface area contributed by atoms with Crippen molar-refractivity contribution >= 4 is 34.7 Å². The van der Waals surface area contributed by atoms with Gasteiger partial charge in [0.25, 0.3) is 0 Å². The van der Waals surface area contributed by atoms with Gasteiger partial charge in [0, 0.05) is 43.3 Å². The molecule has 0 saturated heterocycles. The lowest BCUT2D eigenvalue weighted by atomic mass is 10.2. The van der Waals surface area contributed by atoms with Crippen molar-refractivity contribution in [3.63, 3.8) is 0 Å². The molecule has 3 aromatic rings. The third-order valence-electron chi connectivity index (χ3n) is 4.03. The Morgan fingerprint density at radius 1 is 0.931 bits per heavy atom. The van der Waals surface area contributed by atoms with Gasteiger partial charge in [-0.1, -0.05) is 6.07 Å². The first-order chi connectivity index (χ1) is 13.9. The largest absolute Gasteiger partial charge is 0.497 e. The van der Waals surface area contributed by atoms with E-state index in [0.717, 1.165) is 11.5 Å². The van der Waals surface area contributed by atoms with E-state index in [-0.39, 0.29) is 6.03 Å². The lowest BCUT2D eigenvalue weighted by Crippen LogP contribution is -2.19. The molecule has 0 saturated carbocycles. The number of benzene rings is 2. The highest BCUT2D eigenvalue weighted by molar-refractivity contribution is 5.99. The summed E-state index contributed by atoms with van der Waals surface area (Å²) < 4.78 is 5.15. The molecule has 0 bridgehead atoms. The zero-order valence-corrected chi connectivity index (χ0v) is 16.9. The maximum absolute atomic E-state index is 12.2. The quantitative estimate of drug-likeness (QED) is 0.581. The molecular weight excluding hydrogens is 368 g/mol. The first-order valence-corrected chi connectivity index (χ1v) is 9.05. The predicted octanol–water partition coefficient (Wildman–Crippen LogP) is 4.25. The monoisotopic (exact) mass is 392 g/mol. The van der Waals surface area contributed by atoms with Crippen LogP contribution in [0.1, 0.15) is 5.82 Å². The third kappa shape index (κ3) is 5.58. The Kier molecular flexibility index (Phi) is 6.13. The summed E-state index contributed by atoms with van der Waals surface area (Å²) in [7, 11) is 5.45. The minimum Gasteiger partial charge on any atom is -0.497 e. The van der Waals surface area contributed by atoms with Crippen LogP contribution in [0, 0.1) is 6.92 Å². The van der Waals surface area contributed by atoms with E-state index >= 15 is 0 Å². The third-order valence-corrected chi connectivity index (χ3v) is 4.03. The van der Waals surface area contributed by atoms with Crippen molar-refractivity contribution in [1.29, 1.82) is 0 Å². The summed E-state index contributed by atoms with van der Waals surface area (Å²) in [5.41, 5.74) is 2.17. The van der Waals surface area contributed by atoms with Crippen molar-refractivity contribution in [3.8, 4) is 5.75 Å². The van der Waals surface area contributed by atoms with Crippen molar-refractivity contribution in [3.05, 3.63) is 60.4 Å². The van der Waals surface area contributed by atoms with E-state index in [0.29, 0.717) is 28.8 Å². The number of nitrogens with one attached hydrogen (secondary N) is 3. The molecule has 2 aromatic carbocycles. The number of methoxy groups -OCH3 is 1. The second-order valence-electron chi connectivity index (χ2n) is 6.57. The first kappa shape index (κ1) is 19.9. The molecule has 0 radical (unpaired) electrons. The van der Waals surface area contributed by atoms with Crippen LogP contribution >= 0.6 is 0 Å². The second-order valence-corrected chi connectivity index (χ2v) is 6.57. The van der Waals surface area contributed by atoms with Crippen molar-refractivity contribution in [2.45, 2.75) is 6.92 Å². The van der Waals surface area contributed by atoms with Gasteiger partial charge in [0.2, 0.25) is 0 Å². The molecule has 0 fully saturated rings. The Labute approximate surface area is 169 Å². The lowest BCUT2D eigenvalue weighted by molar-refractivity contribution is 0.262. The zero-order valence-electron chi connectivity index (χ0n) is 16.9. The first-order valence-electron chi connectivity index (χ1n) is 9.05. The highest BCUT2D eigenvalue weighted by atomic mass is 16.5. The number of carbonyl (C=O) groups is 1. The zero-order chi connectivity index (χ0) is 20.8. The Morgan fingerprint density at radius 3 is 2.31 bits per heavy atom. The van der Waals surface area contributed by atoms with Crippen LogP contribution in [0.3, 0.4) is 0 Å². The number of hydrogen-bond acceptors (Lipinski definition) is 6. The van der Waals surface area contributed by atoms with Crippen molar-refractivity contribution in [2.75, 3.05) is 42.1 Å². The van der Waals surface area contributed by atoms with Crippen LogP contribution < -0.4 is 25.6 Å². The van der Waals surface area contributed by atoms with Crippen LogP contribution in [-0.2, 0) is 0 Å². The normalized spacial score (nSPS) is 10.2. The van der Waals surface area contributed by atoms with Crippen LogP contribution in [0.4, 0.5) is 33.5 Å². The van der Waals surface area contributed by atoms with Crippen LogP contribution in [0.2, 0.25) is 0 Å². The van der Waals surface area contributed by atoms with E-state index in [9.17, 15) is 4.79 Å². The van der Waals surface area contributed by atoms with E-state index in [1.807, 2.05) is 68.4 Å². The fourth-order valence-electron chi connectivity index (χ4n) is 2.62. The van der Waals surface area contributed by atoms with Gasteiger partial charge in [0.1, 0.15) is 23.2 Å². The average molecular weight is 392 g/mol. The molecule has 0 atom stereocenters. The Morgan fingerprint density at radius 2 is 1.62 bits per heavy atom. The highest BCUT2D eigenvalue weighted by Crippen LogP contribution is 2.21. The summed E-state index contributed by atoms with van der Waals surface area (Å²) in [5, 5.41) is 8.83. The van der Waals surface area contributed by atoms with E-state index in [1.165, 1.54) is 0 Å². The number of carbonyl (C=O) groups excluding carboxylic acids is 1. The molecule has 0 unspecified atom stereocenters. The molecule has 0 aliphatic rings. The summed E-state index contributed by atoms with van der Waals surface area (Å²) in [6.45, 7) is 1.85. The summed E-state index contributed by atoms with van der Waals surface area (Å²) in [6, 6.07) is 16.1. The number of nitrogens with zero attached hydrogens (tertiary/aromatic N) is 3. The molecule has 3 rings (SSSR count). The number of rotatable bonds is 6. The number of aromatic nitrogens is 2. The van der Waals surface area contributed by atoms with Gasteiger partial charge in [-0.15, -0.1) is 0 Å². The molecule has 3 N–H and O–H groups in total. The maximum Gasteiger partial charge on any atom is 0.323 e. The van der Waals surface area contributed by atoms with Crippen LogP contribution in [0.25, 0.3) is 0 Å². The molecule has 0 aliphatic carbocycles. The van der Waals surface area contributed by atoms with Crippen LogP contribution in [0.5, 0.6) is 5.75 Å². The van der Waals surface area contributed by atoms with Crippen molar-refractivity contribution in [2.24, 2.45) is 0 Å². The SMILES string of the molecule is COc1cccc(NC(=O)Nc2ccc(Nc3cc(N(C)C)nc(C)n3)cc2)c1. The molecule has 1 heterocycles.